The lowest BCUT2D eigenvalue weighted by atomic mass is 9.55. The Kier molecular flexibility index (Phi) is 19.6. The number of nitrogens with one attached hydrogen (secondary N) is 1. The van der Waals surface area contributed by atoms with Gasteiger partial charge in [0.15, 0.2) is 0 Å². The van der Waals surface area contributed by atoms with Crippen molar-refractivity contribution in [1.29, 1.82) is 0 Å². The second kappa shape index (κ2) is 32.4. The molecule has 3 heteroatoms. The molecule has 28 rings (SSSR count). The third-order valence-corrected chi connectivity index (χ3v) is 32.8. The second-order valence-corrected chi connectivity index (χ2v) is 41.9. The largest absolute Gasteiger partial charge is 0.356 e. The molecular formula is C138H103ClN2. The van der Waals surface area contributed by atoms with Crippen LogP contribution in [0.2, 0.25) is 5.02 Å². The molecule has 672 valence electrons. The first kappa shape index (κ1) is 85.2. The van der Waals surface area contributed by atoms with Crippen LogP contribution >= 0.6 is 11.6 Å². The van der Waals surface area contributed by atoms with Crippen molar-refractivity contribution in [3.63, 3.8) is 0 Å². The molecule has 2 nitrogen and oxygen atoms in total. The van der Waals surface area contributed by atoms with Crippen molar-refractivity contribution in [3.05, 3.63) is 567 Å². The average Bonchev–Trinajstić information content (AvgIpc) is 1.61. The van der Waals surface area contributed by atoms with Crippen LogP contribution in [0.25, 0.3) is 132 Å². The molecule has 0 atom stereocenters. The first-order valence-electron chi connectivity index (χ1n) is 49.7. The van der Waals surface area contributed by atoms with Crippen LogP contribution < -0.4 is 10.2 Å². The molecule has 0 heterocycles. The molecule has 141 heavy (non-hydrogen) atoms. The van der Waals surface area contributed by atoms with E-state index in [-0.39, 0.29) is 27.1 Å². The first-order valence-corrected chi connectivity index (χ1v) is 50.0. The van der Waals surface area contributed by atoms with E-state index in [0.29, 0.717) is 0 Å². The standard InChI is InChI=1S/C69H51N.C42H29Cl.C27H23N/c1-67(2)59-20-10-8-18-55(59)57-39-35-52(43-65(57)67)70(50-32-28-45(29-33-50)44-16-6-5-7-17-44)51-34-38-54-49(41-51)27-26-48-40-46(30-36-53(48)54)47-31-37-58-56-19-9-11-21-60(56)69(66(58)42-47)63-24-14-12-22-61(63)68(3,4)62-23-13-15-25-64(62)69;1-41(2)36-11-5-7-13-38(36)42(39-14-8-6-12-37(39)41)35-10-4-3-9-33(35)34-21-18-27(25-40(34)42)26-17-20-31-28(23-26)15-16-29-24-30(43)19-22-32(29)31;1-27(2)25-11-7-6-10-23(25)24-17-16-22(18-26(24)27)28-21-14-12-20(13-15-21)19-8-4-3-5-9-19/h5-43H,1-4H3;3-25H,1-2H3;3-18,28H,1-2H3. The lowest BCUT2D eigenvalue weighted by Gasteiger charge is -2.46. The third kappa shape index (κ3) is 13.1. The monoisotopic (exact) mass is 1820 g/mol. The van der Waals surface area contributed by atoms with Gasteiger partial charge in [0, 0.05) is 55.1 Å². The van der Waals surface area contributed by atoms with Crippen molar-refractivity contribution < 1.29 is 0 Å². The lowest BCUT2D eigenvalue weighted by Crippen LogP contribution is -2.40. The molecule has 0 aromatic heterocycles. The normalized spacial score (nSPS) is 14.8. The molecule has 0 unspecified atom stereocenters. The van der Waals surface area contributed by atoms with Crippen molar-refractivity contribution in [2.45, 2.75) is 87.9 Å². The van der Waals surface area contributed by atoms with Crippen LogP contribution in [0.4, 0.5) is 28.4 Å². The van der Waals surface area contributed by atoms with E-state index in [4.69, 9.17) is 11.6 Å². The predicted octanol–water partition coefficient (Wildman–Crippen LogP) is 36.8. The van der Waals surface area contributed by atoms with Gasteiger partial charge < -0.3 is 10.2 Å². The Labute approximate surface area is 831 Å². The Hall–Kier alpha value is -16.2. The number of anilines is 5. The van der Waals surface area contributed by atoms with E-state index < -0.39 is 5.41 Å². The van der Waals surface area contributed by atoms with E-state index in [1.54, 1.807) is 0 Å². The number of benzene rings is 22. The fourth-order valence-corrected chi connectivity index (χ4v) is 25.9. The molecule has 0 bridgehead atoms. The number of fused-ring (bicyclic) bond motifs is 30. The molecule has 22 aromatic rings. The summed E-state index contributed by atoms with van der Waals surface area (Å²) in [5.41, 5.74) is 47.2. The van der Waals surface area contributed by atoms with Crippen molar-refractivity contribution in [2.75, 3.05) is 10.2 Å². The minimum Gasteiger partial charge on any atom is -0.356 e. The zero-order valence-electron chi connectivity index (χ0n) is 80.4. The lowest BCUT2D eigenvalue weighted by molar-refractivity contribution is 0.563. The minimum atomic E-state index is -0.422. The Morgan fingerprint density at radius 2 is 0.440 bits per heavy atom. The molecule has 1 N–H and O–H groups in total. The molecule has 0 aliphatic heterocycles. The van der Waals surface area contributed by atoms with Crippen LogP contribution in [0.15, 0.2) is 473 Å². The number of hydrogen-bond acceptors (Lipinski definition) is 2. The minimum absolute atomic E-state index is 0.0286. The predicted molar refractivity (Wildman–Crippen MR) is 595 cm³/mol. The summed E-state index contributed by atoms with van der Waals surface area (Å²) in [4.78, 5) is 2.43. The molecular weight excluding hydrogens is 1720 g/mol. The van der Waals surface area contributed by atoms with E-state index in [9.17, 15) is 0 Å². The van der Waals surface area contributed by atoms with Gasteiger partial charge in [-0.2, -0.15) is 0 Å². The Morgan fingerprint density at radius 1 is 0.170 bits per heavy atom. The van der Waals surface area contributed by atoms with Gasteiger partial charge in [-0.1, -0.05) is 443 Å². The van der Waals surface area contributed by atoms with E-state index >= 15 is 0 Å². The van der Waals surface area contributed by atoms with Crippen LogP contribution in [0.3, 0.4) is 0 Å². The smallest absolute Gasteiger partial charge is 0.0719 e. The zero-order chi connectivity index (χ0) is 95.0. The van der Waals surface area contributed by atoms with Crippen LogP contribution in [-0.4, -0.2) is 0 Å². The van der Waals surface area contributed by atoms with Crippen molar-refractivity contribution in [3.8, 4) is 89.0 Å². The average molecular weight is 1820 g/mol. The zero-order valence-corrected chi connectivity index (χ0v) is 81.1. The Balaban J connectivity index is 0.000000121. The third-order valence-electron chi connectivity index (χ3n) is 32.6. The molecule has 0 radical (unpaired) electrons. The number of nitrogens with zero attached hydrogens (tertiary/aromatic N) is 1. The van der Waals surface area contributed by atoms with Gasteiger partial charge in [-0.3, -0.25) is 0 Å². The van der Waals surface area contributed by atoms with Crippen molar-refractivity contribution >= 4 is 83.1 Å². The van der Waals surface area contributed by atoms with Gasteiger partial charge in [-0.15, -0.1) is 0 Å². The van der Waals surface area contributed by atoms with Gasteiger partial charge in [0.25, 0.3) is 0 Å². The summed E-state index contributed by atoms with van der Waals surface area (Å²) in [5, 5.41) is 14.2. The van der Waals surface area contributed by atoms with Crippen LogP contribution in [0.1, 0.15) is 144 Å². The van der Waals surface area contributed by atoms with Gasteiger partial charge in [-0.05, 0) is 318 Å². The van der Waals surface area contributed by atoms with E-state index in [0.717, 1.165) is 33.5 Å². The molecule has 2 spiro atoms. The molecule has 0 saturated heterocycles. The van der Waals surface area contributed by atoms with Gasteiger partial charge in [0.2, 0.25) is 0 Å². The second-order valence-electron chi connectivity index (χ2n) is 41.5. The quantitative estimate of drug-likeness (QED) is 0.145. The van der Waals surface area contributed by atoms with Gasteiger partial charge in [-0.25, -0.2) is 0 Å². The summed E-state index contributed by atoms with van der Waals surface area (Å²) in [6.45, 7) is 18.9. The molecule has 0 amide bonds. The highest BCUT2D eigenvalue weighted by atomic mass is 35.5. The molecule has 6 aliphatic rings. The Morgan fingerprint density at radius 3 is 0.887 bits per heavy atom. The topological polar surface area (TPSA) is 15.3 Å². The van der Waals surface area contributed by atoms with Crippen LogP contribution in [0.5, 0.6) is 0 Å². The van der Waals surface area contributed by atoms with Crippen molar-refractivity contribution in [1.82, 2.24) is 0 Å². The fraction of sp³-hybridized carbons (Fsp3) is 0.101. The molecule has 22 aromatic carbocycles. The summed E-state index contributed by atoms with van der Waals surface area (Å²) in [7, 11) is 0. The maximum atomic E-state index is 6.30. The molecule has 6 aliphatic carbocycles. The number of rotatable bonds is 9. The van der Waals surface area contributed by atoms with Gasteiger partial charge >= 0.3 is 0 Å². The van der Waals surface area contributed by atoms with E-state index in [2.05, 4.69) is 521 Å². The van der Waals surface area contributed by atoms with Crippen LogP contribution in [-0.2, 0) is 32.5 Å². The fourth-order valence-electron chi connectivity index (χ4n) is 25.7. The summed E-state index contributed by atoms with van der Waals surface area (Å²) >= 11 is 6.30. The Bertz CT molecular complexity index is 8790. The number of hydrogen-bond donors (Lipinski definition) is 1. The molecule has 0 fully saturated rings. The maximum absolute atomic E-state index is 6.30. The van der Waals surface area contributed by atoms with E-state index in [1.165, 1.54) is 221 Å². The maximum Gasteiger partial charge on any atom is 0.0719 e. The van der Waals surface area contributed by atoms with Crippen LogP contribution in [0, 0.1) is 0 Å². The molecule has 0 saturated carbocycles. The highest BCUT2D eigenvalue weighted by Crippen LogP contribution is 2.66. The summed E-state index contributed by atoms with van der Waals surface area (Å²) in [6, 6.07) is 176. The summed E-state index contributed by atoms with van der Waals surface area (Å²) < 4.78 is 0. The van der Waals surface area contributed by atoms with Gasteiger partial charge in [0.05, 0.1) is 10.8 Å². The SMILES string of the molecule is CC1(C)c2ccccc2-c2ccc(N(c3ccc(-c4ccccc4)cc3)c3ccc4c(ccc5cc(-c6ccc7c(c6)C6(c8ccccc8-7)c7ccccc7C(C)(C)c7ccccc76)ccc54)c3)cc21.CC1(C)c2ccccc2-c2ccc(Nc3ccc(-c4ccccc4)cc3)cc21.CC1(C)c2ccccc2C2(c3ccccc3-c3ccc(-c4ccc5c(ccc6cc(Cl)ccc65)c4)cc32)c2ccccc21. The van der Waals surface area contributed by atoms with Crippen molar-refractivity contribution in [2.24, 2.45) is 0 Å². The first-order chi connectivity index (χ1) is 68.8. The van der Waals surface area contributed by atoms with Gasteiger partial charge in [0.1, 0.15) is 0 Å². The highest BCUT2D eigenvalue weighted by Gasteiger charge is 2.56. The summed E-state index contributed by atoms with van der Waals surface area (Å²) in [5.74, 6) is 0. The highest BCUT2D eigenvalue weighted by molar-refractivity contribution is 6.31. The number of halogens is 1. The summed E-state index contributed by atoms with van der Waals surface area (Å²) in [6.07, 6.45) is 0. The van der Waals surface area contributed by atoms with E-state index in [1.807, 2.05) is 18.2 Å².